The van der Waals surface area contributed by atoms with Crippen molar-refractivity contribution in [1.82, 2.24) is 0 Å². The van der Waals surface area contributed by atoms with Gasteiger partial charge >= 0.3 is 5.97 Å². The maximum Gasteiger partial charge on any atom is 0.343 e. The van der Waals surface area contributed by atoms with Crippen LogP contribution in [0.15, 0.2) is 36.4 Å². The number of ketones is 1. The molecule has 0 amide bonds. The van der Waals surface area contributed by atoms with Gasteiger partial charge in [-0.2, -0.15) is 0 Å². The number of Topliss-reactive ketones (excluding diaryl/α,β-unsaturated/α-hetero) is 1. The van der Waals surface area contributed by atoms with Crippen molar-refractivity contribution < 1.29 is 28.9 Å². The van der Waals surface area contributed by atoms with Gasteiger partial charge in [-0.3, -0.25) is 4.79 Å². The van der Waals surface area contributed by atoms with Gasteiger partial charge in [-0.25, -0.2) is 4.79 Å². The zero-order valence-electron chi connectivity index (χ0n) is 18.1. The second-order valence-corrected chi connectivity index (χ2v) is 7.51. The van der Waals surface area contributed by atoms with Gasteiger partial charge in [-0.05, 0) is 55.0 Å². The highest BCUT2D eigenvalue weighted by atomic mass is 16.6. The van der Waals surface area contributed by atoms with E-state index in [0.29, 0.717) is 41.4 Å². The Morgan fingerprint density at radius 1 is 1.00 bits per heavy atom. The molecule has 6 heteroatoms. The number of methoxy groups -OCH3 is 2. The van der Waals surface area contributed by atoms with E-state index in [0.717, 1.165) is 12.0 Å². The number of carbonyl (C=O) groups is 2. The Kier molecular flexibility index (Phi) is 8.71. The van der Waals surface area contributed by atoms with E-state index in [9.17, 15) is 14.7 Å². The van der Waals surface area contributed by atoms with Crippen molar-refractivity contribution in [3.63, 3.8) is 0 Å². The van der Waals surface area contributed by atoms with Gasteiger partial charge in [0.15, 0.2) is 12.4 Å². The van der Waals surface area contributed by atoms with Crippen LogP contribution in [-0.4, -0.2) is 37.7 Å². The lowest BCUT2D eigenvalue weighted by Gasteiger charge is -2.14. The molecular weight excluding hydrogens is 384 g/mol. The summed E-state index contributed by atoms with van der Waals surface area (Å²) in [5.41, 5.74) is 1.97. The van der Waals surface area contributed by atoms with Crippen LogP contribution in [0.25, 0.3) is 0 Å². The molecule has 0 saturated heterocycles. The fourth-order valence-corrected chi connectivity index (χ4v) is 3.05. The minimum absolute atomic E-state index is 0.0200. The molecule has 0 saturated carbocycles. The van der Waals surface area contributed by atoms with E-state index in [4.69, 9.17) is 9.47 Å². The highest BCUT2D eigenvalue weighted by Gasteiger charge is 2.18. The molecule has 0 heterocycles. The van der Waals surface area contributed by atoms with Crippen LogP contribution >= 0.6 is 0 Å². The summed E-state index contributed by atoms with van der Waals surface area (Å²) in [5, 5.41) is 10.7. The Hall–Kier alpha value is -3.02. The summed E-state index contributed by atoms with van der Waals surface area (Å²) < 4.78 is 15.2. The van der Waals surface area contributed by atoms with Gasteiger partial charge in [0.2, 0.25) is 0 Å². The number of ether oxygens (including phenoxy) is 3. The summed E-state index contributed by atoms with van der Waals surface area (Å²) in [7, 11) is 2.87. The Labute approximate surface area is 177 Å². The predicted molar refractivity (Wildman–Crippen MR) is 114 cm³/mol. The molecule has 0 spiro atoms. The average molecular weight is 414 g/mol. The molecule has 2 rings (SSSR count). The zero-order chi connectivity index (χ0) is 22.1. The molecule has 2 aromatic carbocycles. The van der Waals surface area contributed by atoms with Gasteiger partial charge in [0, 0.05) is 12.0 Å². The molecule has 0 aliphatic heterocycles. The number of hydrogen-bond acceptors (Lipinski definition) is 6. The molecular formula is C24H30O6. The van der Waals surface area contributed by atoms with E-state index >= 15 is 0 Å². The average Bonchev–Trinajstić information content (AvgIpc) is 2.75. The summed E-state index contributed by atoms with van der Waals surface area (Å²) in [5.74, 6) is 1.09. The Bertz CT molecular complexity index is 855. The SMILES string of the molecule is COC(=O)COc1ccc(CCC(=O)c2ccc(OC)c(CCC(C)C)c2O)cc1. The summed E-state index contributed by atoms with van der Waals surface area (Å²) in [4.78, 5) is 23.8. The number of hydrogen-bond donors (Lipinski definition) is 1. The number of carbonyl (C=O) groups excluding carboxylic acids is 2. The van der Waals surface area contributed by atoms with Crippen molar-refractivity contribution in [2.75, 3.05) is 20.8 Å². The van der Waals surface area contributed by atoms with Crippen molar-refractivity contribution in [3.8, 4) is 17.2 Å². The number of aryl methyl sites for hydroxylation is 1. The topological polar surface area (TPSA) is 82.1 Å². The normalized spacial score (nSPS) is 10.7. The molecule has 0 aliphatic rings. The maximum atomic E-state index is 12.7. The van der Waals surface area contributed by atoms with E-state index < -0.39 is 5.97 Å². The van der Waals surface area contributed by atoms with Gasteiger partial charge in [0.1, 0.15) is 17.2 Å². The van der Waals surface area contributed by atoms with Gasteiger partial charge in [0.05, 0.1) is 19.8 Å². The Balaban J connectivity index is 2.02. The fraction of sp³-hybridized carbons (Fsp3) is 0.417. The lowest BCUT2D eigenvalue weighted by molar-refractivity contribution is -0.142. The van der Waals surface area contributed by atoms with Crippen LogP contribution in [0.4, 0.5) is 0 Å². The van der Waals surface area contributed by atoms with E-state index in [2.05, 4.69) is 18.6 Å². The third-order valence-electron chi connectivity index (χ3n) is 4.88. The van der Waals surface area contributed by atoms with Crippen LogP contribution in [0.1, 0.15) is 48.2 Å². The molecule has 162 valence electrons. The number of phenolic OH excluding ortho intramolecular Hbond substituents is 1. The van der Waals surface area contributed by atoms with E-state index in [1.165, 1.54) is 7.11 Å². The van der Waals surface area contributed by atoms with Crippen molar-refractivity contribution >= 4 is 11.8 Å². The molecule has 0 aromatic heterocycles. The fourth-order valence-electron chi connectivity index (χ4n) is 3.05. The van der Waals surface area contributed by atoms with Crippen molar-refractivity contribution in [1.29, 1.82) is 0 Å². The molecule has 0 atom stereocenters. The van der Waals surface area contributed by atoms with Crippen LogP contribution in [0, 0.1) is 5.92 Å². The highest BCUT2D eigenvalue weighted by molar-refractivity contribution is 5.99. The number of rotatable bonds is 11. The Morgan fingerprint density at radius 2 is 1.70 bits per heavy atom. The van der Waals surface area contributed by atoms with Crippen molar-refractivity contribution in [3.05, 3.63) is 53.1 Å². The minimum atomic E-state index is -0.447. The van der Waals surface area contributed by atoms with Crippen LogP contribution in [0.5, 0.6) is 17.2 Å². The first kappa shape index (κ1) is 23.3. The first-order valence-electron chi connectivity index (χ1n) is 10.1. The van der Waals surface area contributed by atoms with E-state index in [-0.39, 0.29) is 24.6 Å². The molecule has 30 heavy (non-hydrogen) atoms. The number of esters is 1. The monoisotopic (exact) mass is 414 g/mol. The standard InChI is InChI=1S/C24H30O6/c1-16(2)5-11-20-22(28-3)14-12-19(24(20)27)21(25)13-8-17-6-9-18(10-7-17)30-15-23(26)29-4/h6-7,9-10,12,14,16,27H,5,8,11,13,15H2,1-4H3. The quantitative estimate of drug-likeness (QED) is 0.435. The van der Waals surface area contributed by atoms with Gasteiger partial charge < -0.3 is 19.3 Å². The van der Waals surface area contributed by atoms with Gasteiger partial charge in [0.25, 0.3) is 0 Å². The first-order chi connectivity index (χ1) is 14.3. The summed E-state index contributed by atoms with van der Waals surface area (Å²) in [6, 6.07) is 10.6. The third-order valence-corrected chi connectivity index (χ3v) is 4.88. The van der Waals surface area contributed by atoms with Crippen LogP contribution < -0.4 is 9.47 Å². The lowest BCUT2D eigenvalue weighted by Crippen LogP contribution is -2.12. The summed E-state index contributed by atoms with van der Waals surface area (Å²) in [6.45, 7) is 4.08. The molecule has 0 radical (unpaired) electrons. The lowest BCUT2D eigenvalue weighted by atomic mass is 9.95. The zero-order valence-corrected chi connectivity index (χ0v) is 18.1. The van der Waals surface area contributed by atoms with Crippen molar-refractivity contribution in [2.24, 2.45) is 5.92 Å². The molecule has 0 bridgehead atoms. The summed E-state index contributed by atoms with van der Waals surface area (Å²) in [6.07, 6.45) is 2.35. The van der Waals surface area contributed by atoms with Crippen molar-refractivity contribution in [2.45, 2.75) is 39.5 Å². The second kappa shape index (κ2) is 11.2. The molecule has 0 fully saturated rings. The number of benzene rings is 2. The molecule has 2 aromatic rings. The van der Waals surface area contributed by atoms with Crippen LogP contribution in [0.2, 0.25) is 0 Å². The third kappa shape index (κ3) is 6.51. The first-order valence-corrected chi connectivity index (χ1v) is 10.1. The van der Waals surface area contributed by atoms with Crippen LogP contribution in [0.3, 0.4) is 0 Å². The molecule has 0 aliphatic carbocycles. The van der Waals surface area contributed by atoms with E-state index in [1.807, 2.05) is 12.1 Å². The highest BCUT2D eigenvalue weighted by Crippen LogP contribution is 2.34. The van der Waals surface area contributed by atoms with Crippen LogP contribution in [-0.2, 0) is 22.4 Å². The predicted octanol–water partition coefficient (Wildman–Crippen LogP) is 4.36. The largest absolute Gasteiger partial charge is 0.507 e. The molecule has 6 nitrogen and oxygen atoms in total. The van der Waals surface area contributed by atoms with Gasteiger partial charge in [-0.15, -0.1) is 0 Å². The van der Waals surface area contributed by atoms with E-state index in [1.54, 1.807) is 31.4 Å². The number of aromatic hydroxyl groups is 1. The molecule has 1 N–H and O–H groups in total. The van der Waals surface area contributed by atoms with Gasteiger partial charge in [-0.1, -0.05) is 26.0 Å². The Morgan fingerprint density at radius 3 is 2.30 bits per heavy atom. The summed E-state index contributed by atoms with van der Waals surface area (Å²) >= 11 is 0. The maximum absolute atomic E-state index is 12.7. The smallest absolute Gasteiger partial charge is 0.343 e. The number of phenols is 1. The minimum Gasteiger partial charge on any atom is -0.507 e. The molecule has 0 unspecified atom stereocenters. The second-order valence-electron chi connectivity index (χ2n) is 7.51.